The number of Topliss-reactive ketones (excluding diaryl/α,β-unsaturated/α-hetero) is 1. The van der Waals surface area contributed by atoms with Gasteiger partial charge in [-0.3, -0.25) is 4.79 Å². The van der Waals surface area contributed by atoms with Gasteiger partial charge in [0.1, 0.15) is 0 Å². The summed E-state index contributed by atoms with van der Waals surface area (Å²) >= 11 is 0. The van der Waals surface area contributed by atoms with Crippen LogP contribution in [0.4, 0.5) is 0 Å². The van der Waals surface area contributed by atoms with Gasteiger partial charge in [0.25, 0.3) is 5.78 Å². The molecular weight excluding hydrogens is 300 g/mol. The van der Waals surface area contributed by atoms with Crippen molar-refractivity contribution in [3.05, 3.63) is 41.5 Å². The van der Waals surface area contributed by atoms with Crippen LogP contribution < -0.4 is 0 Å². The van der Waals surface area contributed by atoms with Crippen LogP contribution in [0.25, 0.3) is 5.57 Å². The molecule has 1 aliphatic rings. The second-order valence-electron chi connectivity index (χ2n) is 7.61. The number of rotatable bonds is 5. The van der Waals surface area contributed by atoms with Crippen LogP contribution in [0.3, 0.4) is 0 Å². The summed E-state index contributed by atoms with van der Waals surface area (Å²) in [5, 5.41) is 0. The number of esters is 1. The molecule has 1 aromatic carbocycles. The minimum atomic E-state index is -0.764. The summed E-state index contributed by atoms with van der Waals surface area (Å²) in [5.41, 5.74) is 3.04. The first-order valence-corrected chi connectivity index (χ1v) is 8.84. The van der Waals surface area contributed by atoms with Crippen LogP contribution >= 0.6 is 0 Å². The monoisotopic (exact) mass is 328 g/mol. The van der Waals surface area contributed by atoms with Crippen LogP contribution in [-0.2, 0) is 9.53 Å². The Bertz CT molecular complexity index is 635. The maximum Gasteiger partial charge on any atom is 0.379 e. The molecule has 0 heterocycles. The molecule has 0 bridgehead atoms. The fraction of sp³-hybridized carbons (Fsp3) is 0.524. The molecule has 2 rings (SSSR count). The number of ketones is 1. The van der Waals surface area contributed by atoms with Crippen molar-refractivity contribution in [2.75, 3.05) is 6.61 Å². The van der Waals surface area contributed by atoms with Gasteiger partial charge < -0.3 is 4.74 Å². The third kappa shape index (κ3) is 4.56. The highest BCUT2D eigenvalue weighted by molar-refractivity contribution is 6.40. The van der Waals surface area contributed by atoms with Gasteiger partial charge in [0, 0.05) is 5.56 Å². The Morgan fingerprint density at radius 2 is 2.00 bits per heavy atom. The first-order chi connectivity index (χ1) is 11.3. The van der Waals surface area contributed by atoms with Gasteiger partial charge in [-0.1, -0.05) is 52.0 Å². The topological polar surface area (TPSA) is 43.4 Å². The second kappa shape index (κ2) is 7.78. The fourth-order valence-electron chi connectivity index (χ4n) is 3.12. The molecule has 0 spiro atoms. The summed E-state index contributed by atoms with van der Waals surface area (Å²) in [5.74, 6) is -0.635. The normalized spacial score (nSPS) is 18.0. The lowest BCUT2D eigenvalue weighted by molar-refractivity contribution is -0.138. The Morgan fingerprint density at radius 3 is 2.58 bits per heavy atom. The lowest BCUT2D eigenvalue weighted by Crippen LogP contribution is -2.22. The van der Waals surface area contributed by atoms with Crippen molar-refractivity contribution in [2.24, 2.45) is 11.3 Å². The van der Waals surface area contributed by atoms with Crippen LogP contribution in [0.2, 0.25) is 0 Å². The highest BCUT2D eigenvalue weighted by Gasteiger charge is 2.26. The minimum absolute atomic E-state index is 0.281. The van der Waals surface area contributed by atoms with Gasteiger partial charge in [0.2, 0.25) is 0 Å². The first-order valence-electron chi connectivity index (χ1n) is 8.84. The van der Waals surface area contributed by atoms with E-state index in [0.717, 1.165) is 24.8 Å². The van der Waals surface area contributed by atoms with Gasteiger partial charge in [-0.05, 0) is 54.2 Å². The summed E-state index contributed by atoms with van der Waals surface area (Å²) in [6.45, 7) is 9.05. The predicted molar refractivity (Wildman–Crippen MR) is 96.8 cm³/mol. The van der Waals surface area contributed by atoms with Crippen molar-refractivity contribution < 1.29 is 14.3 Å². The Balaban J connectivity index is 2.12. The van der Waals surface area contributed by atoms with E-state index in [0.29, 0.717) is 23.3 Å². The molecule has 0 aliphatic heterocycles. The van der Waals surface area contributed by atoms with Gasteiger partial charge >= 0.3 is 5.97 Å². The molecule has 1 atom stereocenters. The largest absolute Gasteiger partial charge is 0.460 e. The molecule has 0 saturated heterocycles. The molecule has 3 heteroatoms. The van der Waals surface area contributed by atoms with Crippen molar-refractivity contribution in [1.29, 1.82) is 0 Å². The standard InChI is InChI=1S/C21H28O3/c1-5-13-24-20(23)19(22)17-8-6-7-16(14-17)15-9-11-18(12-10-15)21(2,3)4/h6-9,14,18H,5,10-13H2,1-4H3. The maximum atomic E-state index is 12.2. The third-order valence-corrected chi connectivity index (χ3v) is 4.75. The summed E-state index contributed by atoms with van der Waals surface area (Å²) < 4.78 is 4.94. The van der Waals surface area contributed by atoms with Crippen LogP contribution in [-0.4, -0.2) is 18.4 Å². The summed E-state index contributed by atoms with van der Waals surface area (Å²) in [6, 6.07) is 7.35. The Morgan fingerprint density at radius 1 is 1.25 bits per heavy atom. The number of carbonyl (C=O) groups excluding carboxylic acids is 2. The molecule has 1 aliphatic carbocycles. The molecule has 0 saturated carbocycles. The first kappa shape index (κ1) is 18.4. The predicted octanol–water partition coefficient (Wildman–Crippen LogP) is 5.05. The smallest absolute Gasteiger partial charge is 0.379 e. The van der Waals surface area contributed by atoms with Crippen molar-refractivity contribution in [3.8, 4) is 0 Å². The quantitative estimate of drug-likeness (QED) is 0.431. The second-order valence-corrected chi connectivity index (χ2v) is 7.61. The molecule has 1 unspecified atom stereocenters. The fourth-order valence-corrected chi connectivity index (χ4v) is 3.12. The number of hydrogen-bond donors (Lipinski definition) is 0. The summed E-state index contributed by atoms with van der Waals surface area (Å²) in [4.78, 5) is 23.9. The van der Waals surface area contributed by atoms with Crippen LogP contribution in [0.5, 0.6) is 0 Å². The van der Waals surface area contributed by atoms with E-state index in [4.69, 9.17) is 4.74 Å². The molecule has 130 valence electrons. The maximum absolute atomic E-state index is 12.2. The number of benzene rings is 1. The lowest BCUT2D eigenvalue weighted by Gasteiger charge is -2.33. The van der Waals surface area contributed by atoms with Crippen molar-refractivity contribution in [1.82, 2.24) is 0 Å². The van der Waals surface area contributed by atoms with E-state index in [-0.39, 0.29) is 6.61 Å². The van der Waals surface area contributed by atoms with Crippen molar-refractivity contribution in [3.63, 3.8) is 0 Å². The highest BCUT2D eigenvalue weighted by Crippen LogP contribution is 2.39. The van der Waals surface area contributed by atoms with E-state index in [1.165, 1.54) is 5.57 Å². The van der Waals surface area contributed by atoms with Crippen molar-refractivity contribution >= 4 is 17.3 Å². The molecular formula is C21H28O3. The van der Waals surface area contributed by atoms with Crippen LogP contribution in [0.15, 0.2) is 30.3 Å². The average Bonchev–Trinajstić information content (AvgIpc) is 2.58. The zero-order valence-electron chi connectivity index (χ0n) is 15.2. The lowest BCUT2D eigenvalue weighted by atomic mass is 9.72. The van der Waals surface area contributed by atoms with Crippen LogP contribution in [0.1, 0.15) is 69.3 Å². The van der Waals surface area contributed by atoms with Gasteiger partial charge in [-0.2, -0.15) is 0 Å². The van der Waals surface area contributed by atoms with Gasteiger partial charge in [-0.15, -0.1) is 0 Å². The van der Waals surface area contributed by atoms with E-state index in [1.807, 2.05) is 25.1 Å². The van der Waals surface area contributed by atoms with E-state index >= 15 is 0 Å². The molecule has 24 heavy (non-hydrogen) atoms. The number of ether oxygens (including phenoxy) is 1. The summed E-state index contributed by atoms with van der Waals surface area (Å²) in [6.07, 6.45) is 6.24. The summed E-state index contributed by atoms with van der Waals surface area (Å²) in [7, 11) is 0. The zero-order chi connectivity index (χ0) is 17.7. The zero-order valence-corrected chi connectivity index (χ0v) is 15.2. The Labute approximate surface area is 145 Å². The average molecular weight is 328 g/mol. The molecule has 0 amide bonds. The molecule has 0 aromatic heterocycles. The van der Waals surface area contributed by atoms with Crippen LogP contribution in [0, 0.1) is 11.3 Å². The molecule has 1 aromatic rings. The van der Waals surface area contributed by atoms with E-state index in [2.05, 4.69) is 26.8 Å². The number of allylic oxidation sites excluding steroid dienone is 2. The van der Waals surface area contributed by atoms with E-state index < -0.39 is 11.8 Å². The highest BCUT2D eigenvalue weighted by atomic mass is 16.5. The molecule has 0 radical (unpaired) electrons. The number of hydrogen-bond acceptors (Lipinski definition) is 3. The molecule has 3 nitrogen and oxygen atoms in total. The SMILES string of the molecule is CCCOC(=O)C(=O)c1cccc(C2=CCC(C(C)(C)C)CC2)c1. The Hall–Kier alpha value is -1.90. The van der Waals surface area contributed by atoms with Gasteiger partial charge in [0.05, 0.1) is 6.61 Å². The van der Waals surface area contributed by atoms with E-state index in [9.17, 15) is 9.59 Å². The molecule has 0 fully saturated rings. The number of carbonyl (C=O) groups is 2. The van der Waals surface area contributed by atoms with Gasteiger partial charge in [0.15, 0.2) is 0 Å². The van der Waals surface area contributed by atoms with E-state index in [1.54, 1.807) is 6.07 Å². The third-order valence-electron chi connectivity index (χ3n) is 4.75. The van der Waals surface area contributed by atoms with Crippen molar-refractivity contribution in [2.45, 2.75) is 53.4 Å². The minimum Gasteiger partial charge on any atom is -0.460 e. The van der Waals surface area contributed by atoms with Gasteiger partial charge in [-0.25, -0.2) is 4.79 Å². The molecule has 0 N–H and O–H groups in total. The Kier molecular flexibility index (Phi) is 5.98.